The second-order valence-corrected chi connectivity index (χ2v) is 9.31. The highest BCUT2D eigenvalue weighted by Crippen LogP contribution is 2.51. The molecule has 6 aromatic rings. The highest BCUT2D eigenvalue weighted by molar-refractivity contribution is 6.15. The summed E-state index contributed by atoms with van der Waals surface area (Å²) in [6.07, 6.45) is 3.77. The minimum Gasteiger partial charge on any atom is -0.308 e. The van der Waals surface area contributed by atoms with E-state index in [1.807, 2.05) is 18.5 Å². The summed E-state index contributed by atoms with van der Waals surface area (Å²) in [6, 6.07) is 31.1. The van der Waals surface area contributed by atoms with E-state index in [4.69, 9.17) is 0 Å². The second-order valence-electron chi connectivity index (χ2n) is 9.31. The van der Waals surface area contributed by atoms with Gasteiger partial charge >= 0.3 is 0 Å². The van der Waals surface area contributed by atoms with E-state index in [1.165, 1.54) is 54.8 Å². The molecule has 152 valence electrons. The quantitative estimate of drug-likeness (QED) is 0.272. The van der Waals surface area contributed by atoms with Crippen LogP contribution in [0.3, 0.4) is 0 Å². The van der Waals surface area contributed by atoms with Gasteiger partial charge in [0, 0.05) is 22.4 Å². The van der Waals surface area contributed by atoms with Crippen molar-refractivity contribution in [3.05, 3.63) is 108 Å². The van der Waals surface area contributed by atoms with Gasteiger partial charge in [-0.25, -0.2) is 0 Å². The van der Waals surface area contributed by atoms with Crippen LogP contribution in [-0.4, -0.2) is 9.55 Å². The molecule has 2 nitrogen and oxygen atoms in total. The summed E-state index contributed by atoms with van der Waals surface area (Å²) in [6.45, 7) is 4.72. The van der Waals surface area contributed by atoms with Crippen molar-refractivity contribution in [1.82, 2.24) is 9.55 Å². The van der Waals surface area contributed by atoms with Crippen molar-refractivity contribution in [3.63, 3.8) is 0 Å². The van der Waals surface area contributed by atoms with E-state index in [-0.39, 0.29) is 5.41 Å². The lowest BCUT2D eigenvalue weighted by atomic mass is 9.80. The number of fused-ring (bicyclic) bond motifs is 8. The lowest BCUT2D eigenvalue weighted by Crippen LogP contribution is -2.15. The molecular formula is C30H22N2. The highest BCUT2D eigenvalue weighted by atomic mass is 15.0. The van der Waals surface area contributed by atoms with Crippen LogP contribution in [0, 0.1) is 0 Å². The third-order valence-corrected chi connectivity index (χ3v) is 7.23. The van der Waals surface area contributed by atoms with Gasteiger partial charge in [-0.2, -0.15) is 0 Å². The molecule has 4 aromatic carbocycles. The van der Waals surface area contributed by atoms with Gasteiger partial charge in [-0.1, -0.05) is 68.4 Å². The first kappa shape index (κ1) is 17.7. The van der Waals surface area contributed by atoms with Crippen LogP contribution in [-0.2, 0) is 5.41 Å². The Hall–Kier alpha value is -3.91. The lowest BCUT2D eigenvalue weighted by Gasteiger charge is -2.23. The van der Waals surface area contributed by atoms with E-state index in [0.29, 0.717) is 0 Å². The largest absolute Gasteiger partial charge is 0.308 e. The summed E-state index contributed by atoms with van der Waals surface area (Å²) < 4.78 is 2.34. The molecule has 0 fully saturated rings. The van der Waals surface area contributed by atoms with Gasteiger partial charge in [-0.3, -0.25) is 4.98 Å². The predicted molar refractivity (Wildman–Crippen MR) is 134 cm³/mol. The second kappa shape index (κ2) is 6.08. The molecule has 0 radical (unpaired) electrons. The maximum Gasteiger partial charge on any atom is 0.0645 e. The van der Waals surface area contributed by atoms with Gasteiger partial charge in [0.2, 0.25) is 0 Å². The molecule has 0 bridgehead atoms. The Morgan fingerprint density at radius 2 is 1.53 bits per heavy atom. The predicted octanol–water partition coefficient (Wildman–Crippen LogP) is 7.64. The fourth-order valence-corrected chi connectivity index (χ4v) is 5.85. The topological polar surface area (TPSA) is 17.8 Å². The molecule has 32 heavy (non-hydrogen) atoms. The fraction of sp³-hybridized carbons (Fsp3) is 0.100. The number of rotatable bonds is 1. The van der Waals surface area contributed by atoms with Crippen molar-refractivity contribution in [2.75, 3.05) is 0 Å². The zero-order valence-corrected chi connectivity index (χ0v) is 18.1. The van der Waals surface area contributed by atoms with Gasteiger partial charge in [-0.15, -0.1) is 0 Å². The fourth-order valence-electron chi connectivity index (χ4n) is 5.85. The van der Waals surface area contributed by atoms with Crippen LogP contribution in [0.15, 0.2) is 97.3 Å². The summed E-state index contributed by atoms with van der Waals surface area (Å²) in [7, 11) is 0. The Labute approximate surface area is 186 Å². The van der Waals surface area contributed by atoms with Crippen LogP contribution in [0.4, 0.5) is 0 Å². The molecule has 1 aliphatic carbocycles. The standard InChI is InChI=1S/C30H22N2/c1-30(2)26-11-5-3-9-21(26)23-14-13-19-16-28-25(17-24(19)29(23)30)22-10-4-6-12-27(22)32(28)20-8-7-15-31-18-20/h3-18H,1-2H3. The molecule has 0 atom stereocenters. The molecular weight excluding hydrogens is 388 g/mol. The van der Waals surface area contributed by atoms with Crippen LogP contribution in [0.5, 0.6) is 0 Å². The first-order valence-electron chi connectivity index (χ1n) is 11.2. The van der Waals surface area contributed by atoms with E-state index >= 15 is 0 Å². The van der Waals surface area contributed by atoms with Crippen molar-refractivity contribution in [1.29, 1.82) is 0 Å². The van der Waals surface area contributed by atoms with Crippen LogP contribution in [0.25, 0.3) is 49.4 Å². The van der Waals surface area contributed by atoms with E-state index in [1.54, 1.807) is 0 Å². The average Bonchev–Trinajstić information content (AvgIpc) is 3.27. The van der Waals surface area contributed by atoms with Gasteiger partial charge in [0.1, 0.15) is 0 Å². The van der Waals surface area contributed by atoms with Crippen LogP contribution in [0.2, 0.25) is 0 Å². The van der Waals surface area contributed by atoms with Crippen LogP contribution >= 0.6 is 0 Å². The molecule has 0 saturated heterocycles. The maximum atomic E-state index is 4.39. The zero-order valence-electron chi connectivity index (χ0n) is 18.1. The van der Waals surface area contributed by atoms with Gasteiger partial charge in [0.05, 0.1) is 22.9 Å². The third kappa shape index (κ3) is 2.17. The lowest BCUT2D eigenvalue weighted by molar-refractivity contribution is 0.666. The Kier molecular flexibility index (Phi) is 3.37. The van der Waals surface area contributed by atoms with Gasteiger partial charge < -0.3 is 4.57 Å². The number of pyridine rings is 1. The van der Waals surface area contributed by atoms with Crippen molar-refractivity contribution < 1.29 is 0 Å². The Morgan fingerprint density at radius 3 is 2.41 bits per heavy atom. The number of aromatic nitrogens is 2. The average molecular weight is 411 g/mol. The molecule has 7 rings (SSSR count). The zero-order chi connectivity index (χ0) is 21.4. The van der Waals surface area contributed by atoms with Crippen molar-refractivity contribution in [2.45, 2.75) is 19.3 Å². The smallest absolute Gasteiger partial charge is 0.0645 e. The van der Waals surface area contributed by atoms with E-state index in [0.717, 1.165) is 5.69 Å². The van der Waals surface area contributed by atoms with Crippen molar-refractivity contribution >= 4 is 32.6 Å². The number of hydrogen-bond donors (Lipinski definition) is 0. The van der Waals surface area contributed by atoms with Gasteiger partial charge in [-0.05, 0) is 63.4 Å². The summed E-state index contributed by atoms with van der Waals surface area (Å²) in [5.74, 6) is 0. The maximum absolute atomic E-state index is 4.39. The molecule has 2 heteroatoms. The molecule has 0 aliphatic heterocycles. The summed E-state index contributed by atoms with van der Waals surface area (Å²) in [5.41, 5.74) is 9.09. The number of para-hydroxylation sites is 1. The minimum absolute atomic E-state index is 0.0270. The first-order valence-corrected chi connectivity index (χ1v) is 11.2. The van der Waals surface area contributed by atoms with E-state index in [2.05, 4.69) is 102 Å². The summed E-state index contributed by atoms with van der Waals surface area (Å²) >= 11 is 0. The number of benzene rings is 4. The Bertz CT molecular complexity index is 1690. The molecule has 0 N–H and O–H groups in total. The van der Waals surface area contributed by atoms with E-state index in [9.17, 15) is 0 Å². The molecule has 0 unspecified atom stereocenters. The van der Waals surface area contributed by atoms with E-state index < -0.39 is 0 Å². The SMILES string of the molecule is CC1(C)c2ccccc2-c2ccc3cc4c(cc3c21)c1ccccc1n4-c1cccnc1. The molecule has 1 aliphatic rings. The van der Waals surface area contributed by atoms with Gasteiger partial charge in [0.25, 0.3) is 0 Å². The monoisotopic (exact) mass is 410 g/mol. The Balaban J connectivity index is 1.64. The molecule has 0 spiro atoms. The van der Waals surface area contributed by atoms with Crippen molar-refractivity contribution in [3.8, 4) is 16.8 Å². The number of hydrogen-bond acceptors (Lipinski definition) is 1. The minimum atomic E-state index is -0.0270. The van der Waals surface area contributed by atoms with Crippen LogP contribution in [0.1, 0.15) is 25.0 Å². The highest BCUT2D eigenvalue weighted by Gasteiger charge is 2.36. The van der Waals surface area contributed by atoms with Crippen LogP contribution < -0.4 is 0 Å². The van der Waals surface area contributed by atoms with Gasteiger partial charge in [0.15, 0.2) is 0 Å². The summed E-state index contributed by atoms with van der Waals surface area (Å²) in [5, 5.41) is 5.20. The molecule has 0 saturated carbocycles. The molecule has 2 heterocycles. The number of nitrogens with zero attached hydrogens (tertiary/aromatic N) is 2. The Morgan fingerprint density at radius 1 is 0.688 bits per heavy atom. The normalized spacial score (nSPS) is 14.2. The van der Waals surface area contributed by atoms with Crippen molar-refractivity contribution in [2.24, 2.45) is 0 Å². The molecule has 0 amide bonds. The molecule has 2 aromatic heterocycles. The summed E-state index contributed by atoms with van der Waals surface area (Å²) in [4.78, 5) is 4.39. The first-order chi connectivity index (χ1) is 15.6. The third-order valence-electron chi connectivity index (χ3n) is 7.23.